The van der Waals surface area contributed by atoms with Gasteiger partial charge in [0.1, 0.15) is 0 Å². The average molecular weight is 493 g/mol. The van der Waals surface area contributed by atoms with Crippen LogP contribution in [0, 0.1) is 20.2 Å². The fraction of sp³-hybridized carbons (Fsp3) is 0.273. The quantitative estimate of drug-likeness (QED) is 0.188. The molecule has 0 atom stereocenters. The number of para-hydroxylation sites is 1. The largest absolute Gasteiger partial charge is 0.502 e. The summed E-state index contributed by atoms with van der Waals surface area (Å²) < 4.78 is 0. The van der Waals surface area contributed by atoms with Crippen LogP contribution >= 0.6 is 0 Å². The molecule has 1 fully saturated rings. The molecule has 0 aliphatic heterocycles. The van der Waals surface area contributed by atoms with Crippen LogP contribution in [0.1, 0.15) is 37.7 Å². The Morgan fingerprint density at radius 1 is 0.944 bits per heavy atom. The lowest BCUT2D eigenvalue weighted by atomic mass is 9.96. The monoisotopic (exact) mass is 493 g/mol. The van der Waals surface area contributed by atoms with E-state index in [0.717, 1.165) is 43.7 Å². The molecule has 1 saturated carbocycles. The van der Waals surface area contributed by atoms with Gasteiger partial charge in [0.05, 0.1) is 27.7 Å². The summed E-state index contributed by atoms with van der Waals surface area (Å²) in [4.78, 5) is 33.6. The van der Waals surface area contributed by atoms with E-state index in [1.807, 2.05) is 30.3 Å². The molecule has 2 aromatic carbocycles. The van der Waals surface area contributed by atoms with Gasteiger partial charge in [-0.25, -0.2) is 5.43 Å². The SMILES string of the molecule is O=[N+]([O-])c1cc(/C=N\Nc2nc(Nc3ccccc3)nc(NC3CCCCC3)n2)c(O)c([N+](=O)[O-])c1. The maximum atomic E-state index is 11.2. The van der Waals surface area contributed by atoms with Gasteiger partial charge in [0.25, 0.3) is 5.69 Å². The maximum absolute atomic E-state index is 11.2. The molecule has 1 aliphatic rings. The van der Waals surface area contributed by atoms with E-state index < -0.39 is 27.0 Å². The summed E-state index contributed by atoms with van der Waals surface area (Å²) in [5, 5.41) is 42.8. The smallest absolute Gasteiger partial charge is 0.318 e. The first-order valence-electron chi connectivity index (χ1n) is 11.2. The maximum Gasteiger partial charge on any atom is 0.318 e. The minimum atomic E-state index is -0.913. The predicted molar refractivity (Wildman–Crippen MR) is 133 cm³/mol. The number of aromatic hydroxyl groups is 1. The van der Waals surface area contributed by atoms with Gasteiger partial charge in [-0.15, -0.1) is 0 Å². The van der Waals surface area contributed by atoms with Crippen LogP contribution in [0.3, 0.4) is 0 Å². The molecule has 0 bridgehead atoms. The molecule has 1 heterocycles. The van der Waals surface area contributed by atoms with Crippen molar-refractivity contribution in [3.05, 3.63) is 68.3 Å². The van der Waals surface area contributed by atoms with Crippen LogP contribution in [0.5, 0.6) is 5.75 Å². The van der Waals surface area contributed by atoms with E-state index in [2.05, 4.69) is 36.1 Å². The normalized spacial score (nSPS) is 13.9. The highest BCUT2D eigenvalue weighted by Gasteiger charge is 2.23. The standard InChI is InChI=1S/C22H23N9O5/c32-19-14(11-17(30(33)34)12-18(19)31(35)36)13-23-29-22-27-20(24-15-7-3-1-4-8-15)26-21(28-22)25-16-9-5-2-6-10-16/h1,3-4,7-8,11-13,16,32H,2,5-6,9-10H2,(H3,24,25,26,27,28,29)/b23-13-. The molecule has 4 rings (SSSR count). The van der Waals surface area contributed by atoms with Crippen LogP contribution in [-0.2, 0) is 0 Å². The molecular formula is C22H23N9O5. The molecule has 0 radical (unpaired) electrons. The number of hydrazone groups is 1. The highest BCUT2D eigenvalue weighted by Crippen LogP contribution is 2.33. The highest BCUT2D eigenvalue weighted by atomic mass is 16.6. The first-order chi connectivity index (χ1) is 17.4. The number of rotatable bonds is 9. The third kappa shape index (κ3) is 6.16. The molecule has 1 aromatic heterocycles. The predicted octanol–water partition coefficient (Wildman–Crippen LogP) is 4.33. The summed E-state index contributed by atoms with van der Waals surface area (Å²) in [6, 6.07) is 11.2. The Bertz CT molecular complexity index is 1280. The Hall–Kier alpha value is -4.88. The highest BCUT2D eigenvalue weighted by molar-refractivity contribution is 5.87. The number of benzene rings is 2. The fourth-order valence-electron chi connectivity index (χ4n) is 3.75. The molecule has 14 heteroatoms. The average Bonchev–Trinajstić information content (AvgIpc) is 2.86. The van der Waals surface area contributed by atoms with E-state index >= 15 is 0 Å². The third-order valence-electron chi connectivity index (χ3n) is 5.48. The first kappa shape index (κ1) is 24.3. The lowest BCUT2D eigenvalue weighted by Crippen LogP contribution is -2.24. The van der Waals surface area contributed by atoms with Gasteiger partial charge in [0.2, 0.25) is 23.6 Å². The second-order valence-corrected chi connectivity index (χ2v) is 8.06. The molecule has 0 spiro atoms. The Kier molecular flexibility index (Phi) is 7.43. The molecule has 0 saturated heterocycles. The van der Waals surface area contributed by atoms with Crippen molar-refractivity contribution in [3.63, 3.8) is 0 Å². The lowest BCUT2D eigenvalue weighted by molar-refractivity contribution is -0.394. The second kappa shape index (κ2) is 11.0. The number of nitrogens with one attached hydrogen (secondary N) is 3. The summed E-state index contributed by atoms with van der Waals surface area (Å²) in [6.45, 7) is 0. The number of non-ortho nitro benzene ring substituents is 1. The molecule has 0 amide bonds. The van der Waals surface area contributed by atoms with Gasteiger partial charge in [-0.1, -0.05) is 37.5 Å². The topological polar surface area (TPSA) is 194 Å². The van der Waals surface area contributed by atoms with Gasteiger partial charge in [0.15, 0.2) is 0 Å². The Labute approximate surface area is 204 Å². The van der Waals surface area contributed by atoms with Crippen LogP contribution in [0.4, 0.5) is 34.9 Å². The number of anilines is 4. The van der Waals surface area contributed by atoms with E-state index in [1.165, 1.54) is 6.42 Å². The minimum absolute atomic E-state index is 0.0532. The van der Waals surface area contributed by atoms with Crippen LogP contribution < -0.4 is 16.1 Å². The number of aromatic nitrogens is 3. The molecule has 4 N–H and O–H groups in total. The molecular weight excluding hydrogens is 470 g/mol. The van der Waals surface area contributed by atoms with Crippen LogP contribution in [0.25, 0.3) is 0 Å². The van der Waals surface area contributed by atoms with Crippen LogP contribution in [-0.4, -0.2) is 42.2 Å². The Balaban J connectivity index is 1.59. The van der Waals surface area contributed by atoms with Gasteiger partial charge in [-0.3, -0.25) is 20.2 Å². The summed E-state index contributed by atoms with van der Waals surface area (Å²) >= 11 is 0. The number of hydrogen-bond donors (Lipinski definition) is 4. The van der Waals surface area contributed by atoms with E-state index in [-0.39, 0.29) is 23.5 Å². The number of phenols is 1. The van der Waals surface area contributed by atoms with E-state index in [1.54, 1.807) is 0 Å². The summed E-state index contributed by atoms with van der Waals surface area (Å²) in [7, 11) is 0. The number of nitrogens with zero attached hydrogens (tertiary/aromatic N) is 6. The number of nitro benzene ring substituents is 2. The number of phenolic OH excluding ortho intramolecular Hbond substituents is 1. The van der Waals surface area contributed by atoms with Crippen molar-refractivity contribution in [2.75, 3.05) is 16.1 Å². The van der Waals surface area contributed by atoms with Gasteiger partial charge in [0, 0.05) is 17.8 Å². The van der Waals surface area contributed by atoms with Crippen molar-refractivity contribution >= 4 is 41.1 Å². The van der Waals surface area contributed by atoms with E-state index in [4.69, 9.17) is 0 Å². The zero-order chi connectivity index (χ0) is 25.5. The second-order valence-electron chi connectivity index (χ2n) is 8.06. The third-order valence-corrected chi connectivity index (χ3v) is 5.48. The molecule has 1 aliphatic carbocycles. The van der Waals surface area contributed by atoms with Crippen molar-refractivity contribution in [1.82, 2.24) is 15.0 Å². The van der Waals surface area contributed by atoms with Gasteiger partial charge in [-0.2, -0.15) is 20.1 Å². The van der Waals surface area contributed by atoms with Crippen molar-refractivity contribution < 1.29 is 15.0 Å². The van der Waals surface area contributed by atoms with Crippen molar-refractivity contribution in [3.8, 4) is 5.75 Å². The first-order valence-corrected chi connectivity index (χ1v) is 11.2. The van der Waals surface area contributed by atoms with Gasteiger partial charge < -0.3 is 15.7 Å². The van der Waals surface area contributed by atoms with Crippen molar-refractivity contribution in [1.29, 1.82) is 0 Å². The summed E-state index contributed by atoms with van der Waals surface area (Å²) in [6.07, 6.45) is 6.44. The summed E-state index contributed by atoms with van der Waals surface area (Å²) in [5.41, 5.74) is 1.77. The van der Waals surface area contributed by atoms with Crippen molar-refractivity contribution in [2.45, 2.75) is 38.1 Å². The molecule has 0 unspecified atom stereocenters. The Morgan fingerprint density at radius 2 is 1.64 bits per heavy atom. The van der Waals surface area contributed by atoms with Crippen LogP contribution in [0.15, 0.2) is 47.6 Å². The molecule has 36 heavy (non-hydrogen) atoms. The zero-order valence-corrected chi connectivity index (χ0v) is 19.0. The minimum Gasteiger partial charge on any atom is -0.502 e. The zero-order valence-electron chi connectivity index (χ0n) is 19.0. The van der Waals surface area contributed by atoms with Crippen LogP contribution in [0.2, 0.25) is 0 Å². The molecule has 186 valence electrons. The molecule has 3 aromatic rings. The van der Waals surface area contributed by atoms with Crippen molar-refractivity contribution in [2.24, 2.45) is 5.10 Å². The van der Waals surface area contributed by atoms with E-state index in [9.17, 15) is 25.3 Å². The number of hydrogen-bond acceptors (Lipinski definition) is 12. The molecule has 14 nitrogen and oxygen atoms in total. The number of nitro groups is 2. The Morgan fingerprint density at radius 3 is 2.33 bits per heavy atom. The van der Waals surface area contributed by atoms with Gasteiger partial charge >= 0.3 is 5.69 Å². The van der Waals surface area contributed by atoms with E-state index in [0.29, 0.717) is 12.0 Å². The fourth-order valence-corrected chi connectivity index (χ4v) is 3.75. The summed E-state index contributed by atoms with van der Waals surface area (Å²) in [5.74, 6) is -0.113. The van der Waals surface area contributed by atoms with Gasteiger partial charge in [-0.05, 0) is 25.0 Å². The lowest BCUT2D eigenvalue weighted by Gasteiger charge is -2.22.